The highest BCUT2D eigenvalue weighted by molar-refractivity contribution is 5.95. The van der Waals surface area contributed by atoms with Crippen LogP contribution in [0.5, 0.6) is 0 Å². The number of nitrogens with zero attached hydrogens (tertiary/aromatic N) is 2. The molecule has 26 heavy (non-hydrogen) atoms. The van der Waals surface area contributed by atoms with E-state index in [0.29, 0.717) is 11.3 Å². The van der Waals surface area contributed by atoms with E-state index in [1.807, 2.05) is 0 Å². The van der Waals surface area contributed by atoms with E-state index in [2.05, 4.69) is 10.3 Å². The third-order valence-electron chi connectivity index (χ3n) is 4.20. The van der Waals surface area contributed by atoms with Crippen LogP contribution in [0, 0.1) is 0 Å². The van der Waals surface area contributed by atoms with E-state index in [1.54, 1.807) is 31.3 Å². The molecule has 2 aromatic rings. The number of carbonyl (C=O) groups excluding carboxylic acids is 1. The fourth-order valence-corrected chi connectivity index (χ4v) is 2.88. The Labute approximate surface area is 149 Å². The lowest BCUT2D eigenvalue weighted by Gasteiger charge is -2.17. The molecular weight excluding hydrogens is 340 g/mol. The van der Waals surface area contributed by atoms with Gasteiger partial charge in [0.1, 0.15) is 24.3 Å². The Morgan fingerprint density at radius 3 is 2.92 bits per heavy atom. The lowest BCUT2D eigenvalue weighted by atomic mass is 10.1. The number of nitrogens with two attached hydrogens (primary N) is 1. The predicted octanol–water partition coefficient (Wildman–Crippen LogP) is 0.373. The van der Waals surface area contributed by atoms with Gasteiger partial charge >= 0.3 is 11.7 Å². The number of para-hydroxylation sites is 1. The number of ether oxygens (including phenoxy) is 2. The zero-order chi connectivity index (χ0) is 18.7. The first-order chi connectivity index (χ1) is 12.5. The Morgan fingerprint density at radius 2 is 2.23 bits per heavy atom. The van der Waals surface area contributed by atoms with E-state index in [1.165, 1.54) is 16.8 Å². The number of aliphatic hydroxyl groups excluding tert-OH is 1. The van der Waals surface area contributed by atoms with Crippen molar-refractivity contribution in [1.29, 1.82) is 0 Å². The standard InChI is InChI=1S/C17H20N4O5/c1-19-11-5-3-2-4-10(11)16(23)26-12-8-15(25-13(12)9-22)21-7-6-14(18)20-17(21)24/h2-7,12-13,15,19,22H,8-9H2,1H3,(H2,18,20,24)/t12-,13+,15+/m0/s1. The molecule has 1 aliphatic heterocycles. The van der Waals surface area contributed by atoms with Gasteiger partial charge in [0.15, 0.2) is 0 Å². The molecule has 0 spiro atoms. The Bertz CT molecular complexity index is 853. The van der Waals surface area contributed by atoms with Crippen LogP contribution in [0.4, 0.5) is 11.5 Å². The van der Waals surface area contributed by atoms with Crippen molar-refractivity contribution in [3.05, 3.63) is 52.6 Å². The molecule has 0 radical (unpaired) electrons. The molecule has 3 rings (SSSR count). The van der Waals surface area contributed by atoms with Gasteiger partial charge in [-0.1, -0.05) is 12.1 Å². The highest BCUT2D eigenvalue weighted by Gasteiger charge is 2.39. The van der Waals surface area contributed by atoms with Gasteiger partial charge in [-0.3, -0.25) is 4.57 Å². The van der Waals surface area contributed by atoms with Gasteiger partial charge in [0, 0.05) is 25.4 Å². The fraction of sp³-hybridized carbons (Fsp3) is 0.353. The number of aliphatic hydroxyl groups is 1. The van der Waals surface area contributed by atoms with Crippen molar-refractivity contribution in [3.63, 3.8) is 0 Å². The van der Waals surface area contributed by atoms with Gasteiger partial charge in [0.2, 0.25) is 0 Å². The number of nitrogen functional groups attached to an aromatic ring is 1. The van der Waals surface area contributed by atoms with Gasteiger partial charge < -0.3 is 25.6 Å². The minimum Gasteiger partial charge on any atom is -0.456 e. The topological polar surface area (TPSA) is 129 Å². The number of aromatic nitrogens is 2. The number of benzene rings is 1. The van der Waals surface area contributed by atoms with E-state index in [9.17, 15) is 14.7 Å². The summed E-state index contributed by atoms with van der Waals surface area (Å²) in [5.74, 6) is -0.431. The van der Waals surface area contributed by atoms with Crippen LogP contribution < -0.4 is 16.7 Å². The van der Waals surface area contributed by atoms with Gasteiger partial charge in [0.25, 0.3) is 0 Å². The summed E-state index contributed by atoms with van der Waals surface area (Å²) < 4.78 is 12.5. The molecule has 0 aliphatic carbocycles. The van der Waals surface area contributed by atoms with Gasteiger partial charge in [-0.25, -0.2) is 9.59 Å². The van der Waals surface area contributed by atoms with Crippen LogP contribution in [0.3, 0.4) is 0 Å². The molecular formula is C17H20N4O5. The van der Waals surface area contributed by atoms with Crippen molar-refractivity contribution >= 4 is 17.5 Å². The molecule has 1 fully saturated rings. The summed E-state index contributed by atoms with van der Waals surface area (Å²) in [5, 5.41) is 12.5. The molecule has 1 aromatic heterocycles. The third kappa shape index (κ3) is 3.53. The SMILES string of the molecule is CNc1ccccc1C(=O)O[C@H]1C[C@H](n2ccc(N)nc2=O)O[C@@H]1CO. The largest absolute Gasteiger partial charge is 0.456 e. The van der Waals surface area contributed by atoms with Gasteiger partial charge in [-0.15, -0.1) is 0 Å². The molecule has 1 aromatic carbocycles. The maximum atomic E-state index is 12.5. The van der Waals surface area contributed by atoms with Crippen molar-refractivity contribution in [1.82, 2.24) is 9.55 Å². The second kappa shape index (κ2) is 7.54. The van der Waals surface area contributed by atoms with Crippen molar-refractivity contribution in [3.8, 4) is 0 Å². The van der Waals surface area contributed by atoms with Gasteiger partial charge in [-0.05, 0) is 18.2 Å². The van der Waals surface area contributed by atoms with Crippen LogP contribution in [-0.2, 0) is 9.47 Å². The first-order valence-corrected chi connectivity index (χ1v) is 8.12. The van der Waals surface area contributed by atoms with Gasteiger partial charge in [0.05, 0.1) is 12.2 Å². The molecule has 138 valence electrons. The quantitative estimate of drug-likeness (QED) is 0.653. The number of hydrogen-bond donors (Lipinski definition) is 3. The first kappa shape index (κ1) is 17.9. The summed E-state index contributed by atoms with van der Waals surface area (Å²) in [4.78, 5) is 28.1. The van der Waals surface area contributed by atoms with Crippen LogP contribution >= 0.6 is 0 Å². The summed E-state index contributed by atoms with van der Waals surface area (Å²) >= 11 is 0. The molecule has 0 saturated carbocycles. The summed E-state index contributed by atoms with van der Waals surface area (Å²) in [6.45, 7) is -0.348. The lowest BCUT2D eigenvalue weighted by molar-refractivity contribution is -0.0521. The molecule has 3 atom stereocenters. The number of hydrogen-bond acceptors (Lipinski definition) is 8. The molecule has 9 nitrogen and oxygen atoms in total. The zero-order valence-electron chi connectivity index (χ0n) is 14.2. The molecule has 4 N–H and O–H groups in total. The Morgan fingerprint density at radius 1 is 1.46 bits per heavy atom. The van der Waals surface area contributed by atoms with Crippen LogP contribution in [0.25, 0.3) is 0 Å². The smallest absolute Gasteiger partial charge is 0.351 e. The van der Waals surface area contributed by atoms with Crippen LogP contribution in [0.2, 0.25) is 0 Å². The highest BCUT2D eigenvalue weighted by Crippen LogP contribution is 2.31. The monoisotopic (exact) mass is 360 g/mol. The number of carbonyl (C=O) groups is 1. The summed E-state index contributed by atoms with van der Waals surface area (Å²) in [5.41, 5.74) is 5.92. The third-order valence-corrected chi connectivity index (χ3v) is 4.20. The maximum absolute atomic E-state index is 12.5. The lowest BCUT2D eigenvalue weighted by Crippen LogP contribution is -2.30. The van der Waals surface area contributed by atoms with Gasteiger partial charge in [-0.2, -0.15) is 4.98 Å². The summed E-state index contributed by atoms with van der Waals surface area (Å²) in [6, 6.07) is 8.40. The second-order valence-electron chi connectivity index (χ2n) is 5.83. The predicted molar refractivity (Wildman–Crippen MR) is 93.7 cm³/mol. The number of anilines is 2. The molecule has 0 amide bonds. The van der Waals surface area contributed by atoms with E-state index < -0.39 is 30.1 Å². The van der Waals surface area contributed by atoms with Crippen LogP contribution in [-0.4, -0.2) is 46.5 Å². The number of esters is 1. The van der Waals surface area contributed by atoms with Crippen molar-refractivity contribution in [2.45, 2.75) is 24.9 Å². The summed E-state index contributed by atoms with van der Waals surface area (Å²) in [7, 11) is 1.71. The summed E-state index contributed by atoms with van der Waals surface area (Å²) in [6.07, 6.45) is -0.471. The van der Waals surface area contributed by atoms with E-state index in [-0.39, 0.29) is 18.8 Å². The minimum absolute atomic E-state index is 0.106. The fourth-order valence-electron chi connectivity index (χ4n) is 2.88. The van der Waals surface area contributed by atoms with Crippen molar-refractivity contribution in [2.24, 2.45) is 0 Å². The Balaban J connectivity index is 1.77. The van der Waals surface area contributed by atoms with Crippen molar-refractivity contribution in [2.75, 3.05) is 24.7 Å². The number of rotatable bonds is 5. The first-order valence-electron chi connectivity index (χ1n) is 8.12. The Hall–Kier alpha value is -2.91. The normalized spacial score (nSPS) is 22.2. The van der Waals surface area contributed by atoms with E-state index in [4.69, 9.17) is 15.2 Å². The molecule has 0 unspecified atom stereocenters. The molecule has 9 heteroatoms. The van der Waals surface area contributed by atoms with Crippen molar-refractivity contribution < 1.29 is 19.4 Å². The molecule has 0 bridgehead atoms. The molecule has 1 saturated heterocycles. The average Bonchev–Trinajstić information content (AvgIpc) is 3.04. The number of nitrogens with one attached hydrogen (secondary N) is 1. The molecule has 2 heterocycles. The van der Waals surface area contributed by atoms with E-state index >= 15 is 0 Å². The second-order valence-corrected chi connectivity index (χ2v) is 5.83. The highest BCUT2D eigenvalue weighted by atomic mass is 16.6. The minimum atomic E-state index is -0.741. The average molecular weight is 360 g/mol. The van der Waals surface area contributed by atoms with E-state index in [0.717, 1.165) is 0 Å². The van der Waals surface area contributed by atoms with Crippen LogP contribution in [0.15, 0.2) is 41.3 Å². The zero-order valence-corrected chi connectivity index (χ0v) is 14.2. The van der Waals surface area contributed by atoms with Crippen LogP contribution in [0.1, 0.15) is 23.0 Å². The Kier molecular flexibility index (Phi) is 5.19. The molecule has 1 aliphatic rings. The maximum Gasteiger partial charge on any atom is 0.351 e.